The van der Waals surface area contributed by atoms with E-state index in [0.29, 0.717) is 0 Å². The maximum Gasteiger partial charge on any atom is 0.311 e. The maximum atomic E-state index is 13.0. The minimum atomic E-state index is -0.598. The minimum Gasteiger partial charge on any atom is -0.481 e. The standard InChI is InChI=1S/C11H7BrFNO3S/c12-7-3-9(18-6-7)5-17-11-4-8(13)1-2-10(11)14(15)16/h1-4,6H,5H2. The van der Waals surface area contributed by atoms with Crippen LogP contribution >= 0.6 is 27.3 Å². The lowest BCUT2D eigenvalue weighted by atomic mass is 10.3. The molecular weight excluding hydrogens is 325 g/mol. The van der Waals surface area contributed by atoms with Gasteiger partial charge >= 0.3 is 5.69 Å². The van der Waals surface area contributed by atoms with Gasteiger partial charge < -0.3 is 4.74 Å². The van der Waals surface area contributed by atoms with Gasteiger partial charge in [0.15, 0.2) is 5.75 Å². The van der Waals surface area contributed by atoms with Crippen molar-refractivity contribution < 1.29 is 14.1 Å². The van der Waals surface area contributed by atoms with Crippen molar-refractivity contribution in [2.45, 2.75) is 6.61 Å². The number of nitro benzene ring substituents is 1. The fourth-order valence-electron chi connectivity index (χ4n) is 1.33. The van der Waals surface area contributed by atoms with Gasteiger partial charge in [-0.1, -0.05) is 0 Å². The van der Waals surface area contributed by atoms with Gasteiger partial charge in [0.05, 0.1) is 4.92 Å². The lowest BCUT2D eigenvalue weighted by molar-refractivity contribution is -0.386. The molecule has 0 fully saturated rings. The van der Waals surface area contributed by atoms with E-state index in [1.165, 1.54) is 11.3 Å². The van der Waals surface area contributed by atoms with Crippen LogP contribution in [0.3, 0.4) is 0 Å². The van der Waals surface area contributed by atoms with Crippen molar-refractivity contribution in [3.8, 4) is 5.75 Å². The van der Waals surface area contributed by atoms with E-state index in [4.69, 9.17) is 4.74 Å². The second-order valence-corrected chi connectivity index (χ2v) is 5.30. The van der Waals surface area contributed by atoms with Crippen molar-refractivity contribution in [3.63, 3.8) is 0 Å². The van der Waals surface area contributed by atoms with E-state index >= 15 is 0 Å². The molecule has 7 heteroatoms. The fourth-order valence-corrected chi connectivity index (χ4v) is 2.69. The lowest BCUT2D eigenvalue weighted by Gasteiger charge is -2.05. The molecule has 94 valence electrons. The van der Waals surface area contributed by atoms with Gasteiger partial charge in [-0.05, 0) is 28.1 Å². The third-order valence-corrected chi connectivity index (χ3v) is 3.78. The van der Waals surface area contributed by atoms with Gasteiger partial charge in [0.25, 0.3) is 0 Å². The highest BCUT2D eigenvalue weighted by molar-refractivity contribution is 9.10. The van der Waals surface area contributed by atoms with Crippen LogP contribution in [0.5, 0.6) is 5.75 Å². The van der Waals surface area contributed by atoms with Crippen LogP contribution < -0.4 is 4.74 Å². The summed E-state index contributed by atoms with van der Waals surface area (Å²) in [6.07, 6.45) is 0. The van der Waals surface area contributed by atoms with E-state index in [2.05, 4.69) is 15.9 Å². The molecule has 1 aromatic heterocycles. The Kier molecular flexibility index (Phi) is 3.93. The normalized spacial score (nSPS) is 10.3. The van der Waals surface area contributed by atoms with Crippen molar-refractivity contribution >= 4 is 33.0 Å². The number of nitrogens with zero attached hydrogens (tertiary/aromatic N) is 1. The van der Waals surface area contributed by atoms with E-state index in [0.717, 1.165) is 27.5 Å². The first kappa shape index (κ1) is 13.0. The van der Waals surface area contributed by atoms with Crippen LogP contribution in [-0.4, -0.2) is 4.92 Å². The molecule has 0 aliphatic rings. The molecule has 2 rings (SSSR count). The van der Waals surface area contributed by atoms with E-state index in [1.807, 2.05) is 11.4 Å². The van der Waals surface area contributed by atoms with Gasteiger partial charge in [0.1, 0.15) is 12.4 Å². The Balaban J connectivity index is 2.17. The van der Waals surface area contributed by atoms with Crippen LogP contribution in [0, 0.1) is 15.9 Å². The van der Waals surface area contributed by atoms with Gasteiger partial charge in [0, 0.05) is 26.9 Å². The van der Waals surface area contributed by atoms with Crippen LogP contribution in [0.4, 0.5) is 10.1 Å². The fraction of sp³-hybridized carbons (Fsp3) is 0.0909. The van der Waals surface area contributed by atoms with E-state index in [9.17, 15) is 14.5 Å². The Morgan fingerprint density at radius 3 is 2.83 bits per heavy atom. The first-order valence-electron chi connectivity index (χ1n) is 4.86. The predicted octanol–water partition coefficient (Wildman–Crippen LogP) is 4.14. The average Bonchev–Trinajstić information content (AvgIpc) is 2.72. The number of thiophene rings is 1. The third-order valence-electron chi connectivity index (χ3n) is 2.11. The molecule has 0 spiro atoms. The smallest absolute Gasteiger partial charge is 0.311 e. The van der Waals surface area contributed by atoms with Gasteiger partial charge in [-0.2, -0.15) is 0 Å². The summed E-state index contributed by atoms with van der Waals surface area (Å²) >= 11 is 4.75. The summed E-state index contributed by atoms with van der Waals surface area (Å²) in [6, 6.07) is 4.98. The molecule has 0 aliphatic heterocycles. The summed E-state index contributed by atoms with van der Waals surface area (Å²) in [6.45, 7) is 0.167. The number of hydrogen-bond donors (Lipinski definition) is 0. The van der Waals surface area contributed by atoms with Crippen LogP contribution in [0.2, 0.25) is 0 Å². The number of benzene rings is 1. The topological polar surface area (TPSA) is 52.4 Å². The second kappa shape index (κ2) is 5.45. The van der Waals surface area contributed by atoms with Gasteiger partial charge in [-0.3, -0.25) is 10.1 Å². The quantitative estimate of drug-likeness (QED) is 0.625. The summed E-state index contributed by atoms with van der Waals surface area (Å²) in [5, 5.41) is 12.6. The van der Waals surface area contributed by atoms with Gasteiger partial charge in [-0.25, -0.2) is 4.39 Å². The molecule has 0 bridgehead atoms. The van der Waals surface area contributed by atoms with E-state index < -0.39 is 10.7 Å². The molecule has 1 aromatic carbocycles. The molecule has 1 heterocycles. The van der Waals surface area contributed by atoms with Crippen molar-refractivity contribution in [1.82, 2.24) is 0 Å². The van der Waals surface area contributed by atoms with Crippen molar-refractivity contribution in [2.75, 3.05) is 0 Å². The zero-order valence-electron chi connectivity index (χ0n) is 8.93. The Hall–Kier alpha value is -1.47. The molecule has 0 unspecified atom stereocenters. The van der Waals surface area contributed by atoms with Gasteiger partial charge in [-0.15, -0.1) is 11.3 Å². The van der Waals surface area contributed by atoms with Crippen molar-refractivity contribution in [1.29, 1.82) is 0 Å². The summed E-state index contributed by atoms with van der Waals surface area (Å²) in [5.41, 5.74) is -0.243. The van der Waals surface area contributed by atoms with Crippen molar-refractivity contribution in [2.24, 2.45) is 0 Å². The lowest BCUT2D eigenvalue weighted by Crippen LogP contribution is -1.98. The average molecular weight is 332 g/mol. The first-order chi connectivity index (χ1) is 8.56. The molecule has 0 N–H and O–H groups in total. The Bertz CT molecular complexity index is 587. The third kappa shape index (κ3) is 3.05. The van der Waals surface area contributed by atoms with E-state index in [1.54, 1.807) is 0 Å². The number of ether oxygens (including phenoxy) is 1. The highest BCUT2D eigenvalue weighted by Gasteiger charge is 2.16. The molecule has 0 atom stereocenters. The minimum absolute atomic E-state index is 0.0653. The van der Waals surface area contributed by atoms with Gasteiger partial charge in [0.2, 0.25) is 0 Å². The zero-order chi connectivity index (χ0) is 13.1. The molecule has 18 heavy (non-hydrogen) atoms. The monoisotopic (exact) mass is 331 g/mol. The Morgan fingerprint density at radius 1 is 1.44 bits per heavy atom. The van der Waals surface area contributed by atoms with Crippen molar-refractivity contribution in [3.05, 3.63) is 54.9 Å². The maximum absolute atomic E-state index is 13.0. The molecule has 0 saturated carbocycles. The summed E-state index contributed by atoms with van der Waals surface area (Å²) < 4.78 is 19.2. The molecular formula is C11H7BrFNO3S. The summed E-state index contributed by atoms with van der Waals surface area (Å²) in [4.78, 5) is 11.0. The summed E-state index contributed by atoms with van der Waals surface area (Å²) in [5.74, 6) is -0.632. The molecule has 2 aromatic rings. The molecule has 4 nitrogen and oxygen atoms in total. The largest absolute Gasteiger partial charge is 0.481 e. The number of nitro groups is 1. The van der Waals surface area contributed by atoms with Crippen LogP contribution in [0.1, 0.15) is 4.88 Å². The Labute approximate surface area is 114 Å². The molecule has 0 amide bonds. The number of rotatable bonds is 4. The molecule has 0 saturated heterocycles. The zero-order valence-corrected chi connectivity index (χ0v) is 11.3. The molecule has 0 aliphatic carbocycles. The summed E-state index contributed by atoms with van der Waals surface area (Å²) in [7, 11) is 0. The Morgan fingerprint density at radius 2 is 2.22 bits per heavy atom. The van der Waals surface area contributed by atoms with Crippen LogP contribution in [-0.2, 0) is 6.61 Å². The van der Waals surface area contributed by atoms with Crippen LogP contribution in [0.15, 0.2) is 34.1 Å². The molecule has 0 radical (unpaired) electrons. The van der Waals surface area contributed by atoms with E-state index in [-0.39, 0.29) is 18.0 Å². The number of hydrogen-bond acceptors (Lipinski definition) is 4. The van der Waals surface area contributed by atoms with Crippen LogP contribution in [0.25, 0.3) is 0 Å². The highest BCUT2D eigenvalue weighted by Crippen LogP contribution is 2.29. The highest BCUT2D eigenvalue weighted by atomic mass is 79.9. The second-order valence-electron chi connectivity index (χ2n) is 3.39. The predicted molar refractivity (Wildman–Crippen MR) is 69.4 cm³/mol. The SMILES string of the molecule is O=[N+]([O-])c1ccc(F)cc1OCc1cc(Br)cs1. The number of halogens is 2. The first-order valence-corrected chi connectivity index (χ1v) is 6.53.